The quantitative estimate of drug-likeness (QED) is 0.220. The van der Waals surface area contributed by atoms with Crippen molar-refractivity contribution in [1.29, 1.82) is 5.26 Å². The number of nitrogens with zero attached hydrogens (tertiary/aromatic N) is 6. The maximum Gasteiger partial charge on any atom is 0.271 e. The number of methoxy groups -OCH3 is 1. The molecular weight excluding hydrogens is 805 g/mol. The van der Waals surface area contributed by atoms with E-state index >= 15 is 0 Å². The average molecular weight is 861 g/mol. The maximum absolute atomic E-state index is 13.5. The molecular formula is C47H56N8O8. The highest BCUT2D eigenvalue weighted by atomic mass is 16.5. The summed E-state index contributed by atoms with van der Waals surface area (Å²) in [5.74, 6) is 0.412. The zero-order valence-corrected chi connectivity index (χ0v) is 37.0. The van der Waals surface area contributed by atoms with Gasteiger partial charge in [0.2, 0.25) is 11.8 Å². The number of imide groups is 2. The first kappa shape index (κ1) is 43.6. The van der Waals surface area contributed by atoms with Crippen LogP contribution in [0, 0.1) is 28.1 Å². The molecule has 3 aromatic rings. The van der Waals surface area contributed by atoms with Gasteiger partial charge in [-0.2, -0.15) is 5.26 Å². The molecule has 1 atom stereocenters. The van der Waals surface area contributed by atoms with Crippen LogP contribution in [0.1, 0.15) is 117 Å². The van der Waals surface area contributed by atoms with E-state index in [1.54, 1.807) is 48.8 Å². The fourth-order valence-corrected chi connectivity index (χ4v) is 10.6. The second kappa shape index (κ2) is 16.9. The number of anilines is 1. The summed E-state index contributed by atoms with van der Waals surface area (Å²) in [6.07, 6.45) is 6.87. The molecule has 4 fully saturated rings. The topological polar surface area (TPSA) is 196 Å². The van der Waals surface area contributed by atoms with Crippen molar-refractivity contribution in [3.63, 3.8) is 0 Å². The van der Waals surface area contributed by atoms with Crippen molar-refractivity contribution in [3.05, 3.63) is 71.2 Å². The van der Waals surface area contributed by atoms with E-state index in [0.717, 1.165) is 56.0 Å². The lowest BCUT2D eigenvalue weighted by molar-refractivity contribution is -0.164. The molecule has 4 heterocycles. The van der Waals surface area contributed by atoms with Crippen molar-refractivity contribution in [2.75, 3.05) is 31.6 Å². The first-order valence-electron chi connectivity index (χ1n) is 21.9. The number of aromatic nitrogens is 2. The molecule has 1 unspecified atom stereocenters. The van der Waals surface area contributed by atoms with E-state index in [0.29, 0.717) is 40.8 Å². The third kappa shape index (κ3) is 8.19. The van der Waals surface area contributed by atoms with Crippen molar-refractivity contribution in [1.82, 2.24) is 30.4 Å². The number of piperidine rings is 2. The molecule has 16 nitrogen and oxygen atoms in total. The van der Waals surface area contributed by atoms with Gasteiger partial charge in [-0.05, 0) is 69.4 Å². The Hall–Kier alpha value is -6.08. The van der Waals surface area contributed by atoms with Gasteiger partial charge in [0.05, 0.1) is 36.2 Å². The van der Waals surface area contributed by atoms with Crippen LogP contribution in [-0.2, 0) is 9.59 Å². The molecule has 16 heteroatoms. The van der Waals surface area contributed by atoms with Crippen molar-refractivity contribution in [3.8, 4) is 23.3 Å². The third-order valence-electron chi connectivity index (χ3n) is 13.9. The van der Waals surface area contributed by atoms with Crippen LogP contribution in [0.4, 0.5) is 5.82 Å². The number of carbonyl (C=O) groups excluding carboxylic acids is 5. The number of fused-ring (bicyclic) bond motifs is 1. The molecule has 63 heavy (non-hydrogen) atoms. The number of hydrogen-bond acceptors (Lipinski definition) is 13. The summed E-state index contributed by atoms with van der Waals surface area (Å²) in [4.78, 5) is 78.9. The Morgan fingerprint density at radius 3 is 2.25 bits per heavy atom. The van der Waals surface area contributed by atoms with Crippen LogP contribution in [-0.4, -0.2) is 112 Å². The summed E-state index contributed by atoms with van der Waals surface area (Å²) in [6.45, 7) is 15.4. The minimum Gasteiger partial charge on any atom is -0.495 e. The third-order valence-corrected chi connectivity index (χ3v) is 13.9. The average Bonchev–Trinajstić information content (AvgIpc) is 3.49. The zero-order valence-electron chi connectivity index (χ0n) is 37.0. The lowest BCUT2D eigenvalue weighted by Gasteiger charge is -2.63. The van der Waals surface area contributed by atoms with Gasteiger partial charge in [-0.3, -0.25) is 39.1 Å². The lowest BCUT2D eigenvalue weighted by atomic mass is 9.49. The summed E-state index contributed by atoms with van der Waals surface area (Å²) in [6, 6.07) is 11.7. The second-order valence-electron chi connectivity index (χ2n) is 19.0. The molecule has 2 N–H and O–H groups in total. The number of benzene rings is 2. The Kier molecular flexibility index (Phi) is 11.7. The Labute approximate surface area is 367 Å². The van der Waals surface area contributed by atoms with Crippen LogP contribution in [0.25, 0.3) is 0 Å². The minimum absolute atomic E-state index is 0.0269. The minimum atomic E-state index is -1.01. The highest BCUT2D eigenvalue weighted by Crippen LogP contribution is 2.55. The lowest BCUT2D eigenvalue weighted by Crippen LogP contribution is -2.74. The summed E-state index contributed by atoms with van der Waals surface area (Å²) in [5, 5.41) is 14.8. The van der Waals surface area contributed by atoms with E-state index in [4.69, 9.17) is 14.2 Å². The van der Waals surface area contributed by atoms with Crippen molar-refractivity contribution < 1.29 is 38.2 Å². The van der Waals surface area contributed by atoms with Gasteiger partial charge in [-0.15, -0.1) is 0 Å². The normalized spacial score (nSPS) is 25.2. The molecule has 2 aliphatic carbocycles. The fourth-order valence-electron chi connectivity index (χ4n) is 10.6. The van der Waals surface area contributed by atoms with E-state index in [9.17, 15) is 29.2 Å². The molecule has 5 amide bonds. The molecule has 0 radical (unpaired) electrons. The fraction of sp³-hybridized carbons (Fsp3) is 0.532. The number of carbonyl (C=O) groups is 5. The van der Waals surface area contributed by atoms with Gasteiger partial charge < -0.3 is 24.4 Å². The first-order chi connectivity index (χ1) is 30.0. The van der Waals surface area contributed by atoms with Crippen LogP contribution >= 0.6 is 0 Å². The molecule has 0 bridgehead atoms. The van der Waals surface area contributed by atoms with Gasteiger partial charge in [0.1, 0.15) is 53.1 Å². The zero-order chi connectivity index (χ0) is 45.0. The summed E-state index contributed by atoms with van der Waals surface area (Å²) in [7, 11) is 1.52. The highest BCUT2D eigenvalue weighted by molar-refractivity contribution is 6.23. The van der Waals surface area contributed by atoms with Crippen LogP contribution in [0.2, 0.25) is 0 Å². The number of nitrogens with one attached hydrogen (secondary N) is 2. The Morgan fingerprint density at radius 2 is 1.62 bits per heavy atom. The molecule has 2 saturated heterocycles. The van der Waals surface area contributed by atoms with Crippen LogP contribution in [0.15, 0.2) is 48.8 Å². The van der Waals surface area contributed by atoms with E-state index in [2.05, 4.69) is 78.0 Å². The number of rotatable bonds is 13. The summed E-state index contributed by atoms with van der Waals surface area (Å²) < 4.78 is 18.1. The van der Waals surface area contributed by atoms with E-state index in [1.165, 1.54) is 7.11 Å². The van der Waals surface area contributed by atoms with E-state index in [1.807, 2.05) is 0 Å². The molecule has 2 aromatic carbocycles. The van der Waals surface area contributed by atoms with E-state index < -0.39 is 40.5 Å². The molecule has 3 aliphatic heterocycles. The smallest absolute Gasteiger partial charge is 0.271 e. The van der Waals surface area contributed by atoms with Gasteiger partial charge in [0.25, 0.3) is 17.7 Å². The van der Waals surface area contributed by atoms with Crippen molar-refractivity contribution in [2.24, 2.45) is 16.7 Å². The summed E-state index contributed by atoms with van der Waals surface area (Å²) >= 11 is 0. The molecule has 1 aromatic heterocycles. The van der Waals surface area contributed by atoms with Crippen molar-refractivity contribution >= 4 is 35.4 Å². The SMILES string of the molecule is COc1cc(OC2C(C)(C)C(NC(=O)c3cnc(N4CCC(CN(C(C)C)C5CC(Oc6ccc7c(c6)C(=O)N(C6CCC(=O)NC6=O)C7=O)C5)CC4)cn3)C2(C)C)ccc1C#N. The molecule has 0 spiro atoms. The predicted octanol–water partition coefficient (Wildman–Crippen LogP) is 4.91. The van der Waals surface area contributed by atoms with E-state index in [-0.39, 0.29) is 53.8 Å². The Morgan fingerprint density at radius 1 is 0.937 bits per heavy atom. The summed E-state index contributed by atoms with van der Waals surface area (Å²) in [5.41, 5.74) is 0.325. The second-order valence-corrected chi connectivity index (χ2v) is 19.0. The Bertz CT molecular complexity index is 2330. The van der Waals surface area contributed by atoms with Gasteiger partial charge >= 0.3 is 0 Å². The van der Waals surface area contributed by atoms with Crippen LogP contribution in [0.5, 0.6) is 17.2 Å². The predicted molar refractivity (Wildman–Crippen MR) is 230 cm³/mol. The molecule has 2 saturated carbocycles. The van der Waals surface area contributed by atoms with Crippen molar-refractivity contribution in [2.45, 2.75) is 116 Å². The maximum atomic E-state index is 13.5. The number of amides is 5. The number of nitriles is 1. The monoisotopic (exact) mass is 860 g/mol. The first-order valence-corrected chi connectivity index (χ1v) is 21.9. The number of hydrogen-bond donors (Lipinski definition) is 2. The van der Waals surface area contributed by atoms with Crippen LogP contribution < -0.4 is 29.7 Å². The number of ether oxygens (including phenoxy) is 3. The molecule has 8 rings (SSSR count). The largest absolute Gasteiger partial charge is 0.495 e. The highest BCUT2D eigenvalue weighted by Gasteiger charge is 2.64. The van der Waals surface area contributed by atoms with Crippen LogP contribution in [0.3, 0.4) is 0 Å². The van der Waals surface area contributed by atoms with Gasteiger partial charge in [0.15, 0.2) is 0 Å². The standard InChI is InChI=1S/C47H56N8O8/c1-26(2)54(29-18-32(19-29)62-30-10-11-33-34(20-30)43(60)55(42(33)59)36-12-13-39(56)51-41(36)58)25-27-14-16-53(17-15-27)38-24-49-35(23-50-38)40(57)52-44-46(3,4)45(47(44,5)6)63-31-9-8-28(22-48)37(21-31)61-7/h8-11,20-21,23-24,26-27,29,32,36,44-45H,12-19,25H2,1-7H3,(H,52,57)(H,51,56,58). The van der Waals surface area contributed by atoms with Gasteiger partial charge in [-0.25, -0.2) is 9.97 Å². The van der Waals surface area contributed by atoms with Gasteiger partial charge in [-0.1, -0.05) is 27.7 Å². The molecule has 332 valence electrons. The Balaban J connectivity index is 0.796. The van der Waals surface area contributed by atoms with Gasteiger partial charge in [0, 0.05) is 73.9 Å². The molecule has 5 aliphatic rings.